The van der Waals surface area contributed by atoms with Gasteiger partial charge in [0.1, 0.15) is 23.8 Å². The maximum Gasteiger partial charge on any atom is 0.419 e. The zero-order valence-electron chi connectivity index (χ0n) is 25.2. The van der Waals surface area contributed by atoms with Gasteiger partial charge in [-0.15, -0.1) is 0 Å². The number of nitrogens with zero attached hydrogens (tertiary/aromatic N) is 1. The Labute approximate surface area is 250 Å². The van der Waals surface area contributed by atoms with Crippen molar-refractivity contribution in [1.29, 1.82) is 0 Å². The fourth-order valence-electron chi connectivity index (χ4n) is 3.88. The predicted octanol–water partition coefficient (Wildman–Crippen LogP) is 4.84. The molecular weight excluding hydrogens is 570 g/mol. The van der Waals surface area contributed by atoms with Crippen LogP contribution < -0.4 is 26.4 Å². The zero-order chi connectivity index (χ0) is 32.0. The highest BCUT2D eigenvalue weighted by molar-refractivity contribution is 5.78. The SMILES string of the molecule is CN(CCNC(=O)CNCCCCCNCc1cc(N)ccc1OCc1ccc(F)c(C(F)(F)F)c1)C(=O)OC(C)(C)C. The third-order valence-corrected chi connectivity index (χ3v) is 6.10. The minimum atomic E-state index is -4.79. The molecule has 0 aliphatic carbocycles. The van der Waals surface area contributed by atoms with Crippen molar-refractivity contribution in [1.82, 2.24) is 20.9 Å². The first-order valence-corrected chi connectivity index (χ1v) is 14.1. The molecule has 0 saturated carbocycles. The van der Waals surface area contributed by atoms with Crippen LogP contribution in [0.2, 0.25) is 0 Å². The average Bonchev–Trinajstić information content (AvgIpc) is 2.90. The molecule has 0 aliphatic heterocycles. The van der Waals surface area contributed by atoms with Crippen LogP contribution in [-0.4, -0.2) is 62.3 Å². The zero-order valence-corrected chi connectivity index (χ0v) is 25.2. The van der Waals surface area contributed by atoms with Gasteiger partial charge in [-0.1, -0.05) is 12.5 Å². The number of nitrogen functional groups attached to an aromatic ring is 1. The second-order valence-corrected chi connectivity index (χ2v) is 11.1. The summed E-state index contributed by atoms with van der Waals surface area (Å²) in [6.07, 6.45) is -2.54. The lowest BCUT2D eigenvalue weighted by Crippen LogP contribution is -2.41. The number of amides is 2. The number of anilines is 1. The van der Waals surface area contributed by atoms with E-state index in [4.69, 9.17) is 15.2 Å². The highest BCUT2D eigenvalue weighted by atomic mass is 19.4. The molecule has 0 heterocycles. The van der Waals surface area contributed by atoms with E-state index in [2.05, 4.69) is 16.0 Å². The molecule has 240 valence electrons. The Morgan fingerprint density at radius 2 is 1.65 bits per heavy atom. The molecule has 0 aromatic heterocycles. The van der Waals surface area contributed by atoms with Gasteiger partial charge in [-0.2, -0.15) is 13.2 Å². The van der Waals surface area contributed by atoms with Crippen LogP contribution >= 0.6 is 0 Å². The van der Waals surface area contributed by atoms with Gasteiger partial charge in [0.15, 0.2) is 0 Å². The first-order chi connectivity index (χ1) is 20.2. The lowest BCUT2D eigenvalue weighted by molar-refractivity contribution is -0.140. The number of unbranched alkanes of at least 4 members (excludes halogenated alkanes) is 2. The number of alkyl halides is 3. The molecule has 2 aromatic rings. The van der Waals surface area contributed by atoms with E-state index in [1.165, 1.54) is 11.0 Å². The minimum absolute atomic E-state index is 0.153. The molecule has 0 saturated heterocycles. The standard InChI is InChI=1S/C30H43F4N5O4/c1-29(2,3)43-28(41)39(4)15-14-38-27(40)19-37-13-7-5-6-12-36-18-22-17-23(35)9-11-26(22)42-20-21-8-10-25(31)24(16-21)30(32,33)34/h8-11,16-17,36-37H,5-7,12-15,18-20,35H2,1-4H3,(H,38,40). The lowest BCUT2D eigenvalue weighted by atomic mass is 10.1. The van der Waals surface area contributed by atoms with E-state index < -0.39 is 29.3 Å². The molecule has 0 fully saturated rings. The summed E-state index contributed by atoms with van der Waals surface area (Å²) in [6, 6.07) is 7.82. The van der Waals surface area contributed by atoms with Gasteiger partial charge < -0.3 is 36.1 Å². The molecule has 2 rings (SSSR count). The van der Waals surface area contributed by atoms with Crippen LogP contribution in [0, 0.1) is 5.82 Å². The van der Waals surface area contributed by atoms with Crippen molar-refractivity contribution in [2.45, 2.75) is 65.0 Å². The second kappa shape index (κ2) is 16.9. The molecule has 0 unspecified atom stereocenters. The van der Waals surface area contributed by atoms with Gasteiger partial charge in [-0.05, 0) is 82.6 Å². The monoisotopic (exact) mass is 613 g/mol. The summed E-state index contributed by atoms with van der Waals surface area (Å²) in [5.41, 5.74) is 5.48. The Morgan fingerprint density at radius 1 is 0.953 bits per heavy atom. The van der Waals surface area contributed by atoms with E-state index in [9.17, 15) is 27.2 Å². The van der Waals surface area contributed by atoms with Gasteiger partial charge in [-0.3, -0.25) is 4.79 Å². The highest BCUT2D eigenvalue weighted by Crippen LogP contribution is 2.32. The van der Waals surface area contributed by atoms with Gasteiger partial charge in [0.25, 0.3) is 0 Å². The molecule has 0 atom stereocenters. The average molecular weight is 614 g/mol. The van der Waals surface area contributed by atoms with Gasteiger partial charge >= 0.3 is 12.3 Å². The third-order valence-electron chi connectivity index (χ3n) is 6.10. The number of nitrogens with one attached hydrogen (secondary N) is 3. The topological polar surface area (TPSA) is 118 Å². The van der Waals surface area contributed by atoms with Crippen molar-refractivity contribution in [3.8, 4) is 5.75 Å². The summed E-state index contributed by atoms with van der Waals surface area (Å²) in [5.74, 6) is -1.01. The van der Waals surface area contributed by atoms with Gasteiger partial charge in [-0.25, -0.2) is 9.18 Å². The van der Waals surface area contributed by atoms with Crippen LogP contribution in [0.4, 0.5) is 28.0 Å². The second-order valence-electron chi connectivity index (χ2n) is 11.1. The molecule has 13 heteroatoms. The Kier molecular flexibility index (Phi) is 14.0. The van der Waals surface area contributed by atoms with Crippen LogP contribution in [-0.2, 0) is 28.9 Å². The van der Waals surface area contributed by atoms with E-state index in [0.29, 0.717) is 44.2 Å². The van der Waals surface area contributed by atoms with Gasteiger partial charge in [0.05, 0.1) is 12.1 Å². The van der Waals surface area contributed by atoms with E-state index in [-0.39, 0.29) is 24.6 Å². The van der Waals surface area contributed by atoms with Crippen molar-refractivity contribution in [2.75, 3.05) is 45.5 Å². The van der Waals surface area contributed by atoms with Crippen LogP contribution in [0.15, 0.2) is 36.4 Å². The molecule has 2 amide bonds. The highest BCUT2D eigenvalue weighted by Gasteiger charge is 2.34. The van der Waals surface area contributed by atoms with Crippen molar-refractivity contribution >= 4 is 17.7 Å². The number of benzene rings is 2. The van der Waals surface area contributed by atoms with Gasteiger partial charge in [0.2, 0.25) is 5.91 Å². The lowest BCUT2D eigenvalue weighted by Gasteiger charge is -2.24. The van der Waals surface area contributed by atoms with Crippen LogP contribution in [0.3, 0.4) is 0 Å². The third kappa shape index (κ3) is 14.0. The number of hydrogen-bond acceptors (Lipinski definition) is 7. The van der Waals surface area contributed by atoms with Crippen LogP contribution in [0.25, 0.3) is 0 Å². The summed E-state index contributed by atoms with van der Waals surface area (Å²) in [5, 5.41) is 9.17. The molecule has 0 bridgehead atoms. The van der Waals surface area contributed by atoms with Crippen molar-refractivity contribution in [3.05, 3.63) is 58.9 Å². The number of ether oxygens (including phenoxy) is 2. The number of nitrogens with two attached hydrogens (primary N) is 1. The predicted molar refractivity (Wildman–Crippen MR) is 157 cm³/mol. The molecule has 0 spiro atoms. The molecule has 43 heavy (non-hydrogen) atoms. The molecule has 0 aliphatic rings. The molecule has 5 N–H and O–H groups in total. The first kappa shape index (κ1) is 35.6. The number of hydrogen-bond donors (Lipinski definition) is 4. The summed E-state index contributed by atoms with van der Waals surface area (Å²) in [6.45, 7) is 7.90. The van der Waals surface area contributed by atoms with E-state index >= 15 is 0 Å². The smallest absolute Gasteiger partial charge is 0.419 e. The van der Waals surface area contributed by atoms with Crippen molar-refractivity contribution in [3.63, 3.8) is 0 Å². The quantitative estimate of drug-likeness (QED) is 0.122. The summed E-state index contributed by atoms with van der Waals surface area (Å²) in [7, 11) is 1.62. The molecular formula is C30H43F4N5O4. The maximum atomic E-state index is 13.6. The fourth-order valence-corrected chi connectivity index (χ4v) is 3.88. The number of halogens is 4. The Balaban J connectivity index is 1.62. The molecule has 9 nitrogen and oxygen atoms in total. The first-order valence-electron chi connectivity index (χ1n) is 14.1. The minimum Gasteiger partial charge on any atom is -0.489 e. The molecule has 0 radical (unpaired) electrons. The maximum absolute atomic E-state index is 13.6. The van der Waals surface area contributed by atoms with Crippen molar-refractivity contribution in [2.24, 2.45) is 0 Å². The van der Waals surface area contributed by atoms with Crippen LogP contribution in [0.1, 0.15) is 56.7 Å². The Hall–Kier alpha value is -3.58. The van der Waals surface area contributed by atoms with Gasteiger partial charge in [0, 0.05) is 37.9 Å². The molecule has 2 aromatic carbocycles. The number of rotatable bonds is 16. The van der Waals surface area contributed by atoms with E-state index in [1.807, 2.05) is 0 Å². The van der Waals surface area contributed by atoms with E-state index in [1.54, 1.807) is 46.0 Å². The van der Waals surface area contributed by atoms with Crippen molar-refractivity contribution < 1.29 is 36.6 Å². The van der Waals surface area contributed by atoms with Crippen LogP contribution in [0.5, 0.6) is 5.75 Å². The number of carbonyl (C=O) groups is 2. The summed E-state index contributed by atoms with van der Waals surface area (Å²) in [4.78, 5) is 25.3. The largest absolute Gasteiger partial charge is 0.489 e. The fraction of sp³-hybridized carbons (Fsp3) is 0.533. The summed E-state index contributed by atoms with van der Waals surface area (Å²) >= 11 is 0. The van der Waals surface area contributed by atoms with E-state index in [0.717, 1.165) is 37.0 Å². The summed E-state index contributed by atoms with van der Waals surface area (Å²) < 4.78 is 63.6. The number of carbonyl (C=O) groups excluding carboxylic acids is 2. The Bertz CT molecular complexity index is 1190. The Morgan fingerprint density at radius 3 is 2.33 bits per heavy atom. The normalized spacial score (nSPS) is 11.7. The number of likely N-dealkylation sites (N-methyl/N-ethyl adjacent to an activating group) is 1.